The number of hydrogen-bond acceptors (Lipinski definition) is 5. The van der Waals surface area contributed by atoms with Crippen molar-refractivity contribution in [3.8, 4) is 0 Å². The molecule has 0 spiro atoms. The number of aliphatic hydroxyl groups is 1. The van der Waals surface area contributed by atoms with Crippen LogP contribution in [-0.4, -0.2) is 31.5 Å². The molecule has 4 saturated carbocycles. The van der Waals surface area contributed by atoms with Gasteiger partial charge in [0.25, 0.3) is 10.1 Å². The van der Waals surface area contributed by atoms with Gasteiger partial charge in [-0.15, -0.1) is 0 Å². The molecule has 188 valence electrons. The summed E-state index contributed by atoms with van der Waals surface area (Å²) >= 11 is 0. The molecule has 0 bridgehead atoms. The van der Waals surface area contributed by atoms with Crippen molar-refractivity contribution in [2.45, 2.75) is 96.2 Å². The number of ketones is 1. The molecule has 0 unspecified atom stereocenters. The zero-order valence-electron chi connectivity index (χ0n) is 21.0. The van der Waals surface area contributed by atoms with E-state index in [1.54, 1.807) is 31.2 Å². The molecular weight excluding hydrogens is 448 g/mol. The number of carbonyl (C=O) groups excluding carboxylic acids is 1. The van der Waals surface area contributed by atoms with Crippen LogP contribution in [0.2, 0.25) is 0 Å². The molecule has 1 N–H and O–H groups in total. The van der Waals surface area contributed by atoms with Crippen LogP contribution in [0.15, 0.2) is 29.2 Å². The zero-order valence-corrected chi connectivity index (χ0v) is 21.8. The van der Waals surface area contributed by atoms with Crippen molar-refractivity contribution in [3.05, 3.63) is 29.8 Å². The number of aliphatic hydroxyl groups excluding tert-OH is 1. The Kier molecular flexibility index (Phi) is 6.05. The molecule has 1 aromatic rings. The molecule has 4 fully saturated rings. The van der Waals surface area contributed by atoms with Crippen LogP contribution in [-0.2, 0) is 19.1 Å². The Labute approximate surface area is 204 Å². The average molecular weight is 489 g/mol. The molecule has 34 heavy (non-hydrogen) atoms. The first-order valence-electron chi connectivity index (χ1n) is 13.1. The third kappa shape index (κ3) is 3.79. The Morgan fingerprint density at radius 3 is 2.35 bits per heavy atom. The minimum atomic E-state index is -3.94. The van der Waals surface area contributed by atoms with Gasteiger partial charge in [0, 0.05) is 5.92 Å². The van der Waals surface area contributed by atoms with Crippen molar-refractivity contribution in [1.29, 1.82) is 0 Å². The normalized spacial score (nSPS) is 44.1. The summed E-state index contributed by atoms with van der Waals surface area (Å²) in [4.78, 5) is 12.6. The highest BCUT2D eigenvalue weighted by molar-refractivity contribution is 7.86. The van der Waals surface area contributed by atoms with Gasteiger partial charge < -0.3 is 5.11 Å². The van der Waals surface area contributed by atoms with Gasteiger partial charge in [-0.1, -0.05) is 31.5 Å². The van der Waals surface area contributed by atoms with Crippen molar-refractivity contribution < 1.29 is 22.5 Å². The first-order valence-corrected chi connectivity index (χ1v) is 14.5. The molecule has 6 heteroatoms. The number of hydrogen-bond donors (Lipinski definition) is 1. The number of carbonyl (C=O) groups is 1. The van der Waals surface area contributed by atoms with Crippen LogP contribution < -0.4 is 0 Å². The summed E-state index contributed by atoms with van der Waals surface area (Å²) in [7, 11) is -3.94. The van der Waals surface area contributed by atoms with Crippen molar-refractivity contribution in [2.75, 3.05) is 0 Å². The second-order valence-electron chi connectivity index (χ2n) is 12.4. The monoisotopic (exact) mass is 488 g/mol. The topological polar surface area (TPSA) is 80.7 Å². The molecule has 0 radical (unpaired) electrons. The molecule has 9 atom stereocenters. The van der Waals surface area contributed by atoms with Crippen molar-refractivity contribution >= 4 is 15.9 Å². The second kappa shape index (κ2) is 8.41. The second-order valence-corrected chi connectivity index (χ2v) is 13.9. The van der Waals surface area contributed by atoms with E-state index in [-0.39, 0.29) is 21.6 Å². The van der Waals surface area contributed by atoms with Crippen LogP contribution in [0, 0.1) is 47.3 Å². The van der Waals surface area contributed by atoms with E-state index in [0.717, 1.165) is 44.1 Å². The number of fused-ring (bicyclic) bond motifs is 5. The van der Waals surface area contributed by atoms with Gasteiger partial charge in [-0.3, -0.25) is 8.98 Å². The van der Waals surface area contributed by atoms with Crippen LogP contribution in [0.25, 0.3) is 0 Å². The van der Waals surface area contributed by atoms with Gasteiger partial charge in [0.15, 0.2) is 0 Å². The average Bonchev–Trinajstić information content (AvgIpc) is 3.12. The Bertz CT molecular complexity index is 1050. The number of aryl methyl sites for hydroxylation is 1. The van der Waals surface area contributed by atoms with Crippen LogP contribution in [0.4, 0.5) is 0 Å². The first-order chi connectivity index (χ1) is 16.0. The maximum atomic E-state index is 13.0. The minimum Gasteiger partial charge on any atom is -0.390 e. The molecule has 4 aliphatic rings. The largest absolute Gasteiger partial charge is 0.390 e. The minimum absolute atomic E-state index is 0.0503. The molecule has 1 aromatic carbocycles. The van der Waals surface area contributed by atoms with Gasteiger partial charge in [-0.2, -0.15) is 8.42 Å². The lowest BCUT2D eigenvalue weighted by Gasteiger charge is -2.61. The molecular formula is C28H40O5S. The molecule has 0 amide bonds. The fourth-order valence-electron chi connectivity index (χ4n) is 8.94. The summed E-state index contributed by atoms with van der Waals surface area (Å²) in [6.07, 6.45) is 6.23. The van der Waals surface area contributed by atoms with Crippen molar-refractivity contribution in [2.24, 2.45) is 40.4 Å². The van der Waals surface area contributed by atoms with Gasteiger partial charge in [0.1, 0.15) is 11.9 Å². The van der Waals surface area contributed by atoms with Crippen LogP contribution in [0.1, 0.15) is 77.7 Å². The highest BCUT2D eigenvalue weighted by atomic mass is 32.2. The van der Waals surface area contributed by atoms with E-state index in [1.807, 2.05) is 6.92 Å². The SMILES string of the molecule is CC(=O)[C@H]1CC[C@H]2[C@@H]3CC[C@H]4C[C@H](O)[C@@H](OS(=O)(=O)c5ccc(C)cc5)C[C@]4(C)[C@H]3CC[C@]12C. The van der Waals surface area contributed by atoms with Crippen molar-refractivity contribution in [3.63, 3.8) is 0 Å². The lowest BCUT2D eigenvalue weighted by molar-refractivity contribution is -0.155. The van der Waals surface area contributed by atoms with Gasteiger partial charge in [-0.05, 0) is 112 Å². The summed E-state index contributed by atoms with van der Waals surface area (Å²) in [6, 6.07) is 6.69. The van der Waals surface area contributed by atoms with E-state index in [1.165, 1.54) is 0 Å². The molecule has 0 aromatic heterocycles. The van der Waals surface area contributed by atoms with Gasteiger partial charge in [0.05, 0.1) is 11.0 Å². The number of Topliss-reactive ketones (excluding diaryl/α,β-unsaturated/α-hetero) is 1. The van der Waals surface area contributed by atoms with E-state index in [0.29, 0.717) is 42.3 Å². The fraction of sp³-hybridized carbons (Fsp3) is 0.750. The van der Waals surface area contributed by atoms with E-state index >= 15 is 0 Å². The van der Waals surface area contributed by atoms with Gasteiger partial charge in [0.2, 0.25) is 0 Å². The molecule has 0 saturated heterocycles. The third-order valence-corrected chi connectivity index (χ3v) is 12.1. The first kappa shape index (κ1) is 24.5. The third-order valence-electron chi connectivity index (χ3n) is 10.7. The smallest absolute Gasteiger partial charge is 0.297 e. The highest BCUT2D eigenvalue weighted by Gasteiger charge is 2.62. The lowest BCUT2D eigenvalue weighted by Crippen LogP contribution is -2.57. The van der Waals surface area contributed by atoms with Gasteiger partial charge >= 0.3 is 0 Å². The summed E-state index contributed by atoms with van der Waals surface area (Å²) < 4.78 is 31.8. The summed E-state index contributed by atoms with van der Waals surface area (Å²) in [5.74, 6) is 2.57. The van der Waals surface area contributed by atoms with Crippen LogP contribution in [0.5, 0.6) is 0 Å². The summed E-state index contributed by atoms with van der Waals surface area (Å²) in [5, 5.41) is 10.9. The predicted molar refractivity (Wildman–Crippen MR) is 131 cm³/mol. The molecule has 0 aliphatic heterocycles. The Morgan fingerprint density at radius 2 is 1.68 bits per heavy atom. The molecule has 0 heterocycles. The maximum absolute atomic E-state index is 13.0. The Balaban J connectivity index is 1.38. The summed E-state index contributed by atoms with van der Waals surface area (Å²) in [6.45, 7) is 8.36. The van der Waals surface area contributed by atoms with E-state index in [4.69, 9.17) is 4.18 Å². The Morgan fingerprint density at radius 1 is 1.00 bits per heavy atom. The Hall–Kier alpha value is -1.24. The van der Waals surface area contributed by atoms with E-state index in [2.05, 4.69) is 13.8 Å². The fourth-order valence-corrected chi connectivity index (χ4v) is 10.0. The number of benzene rings is 1. The lowest BCUT2D eigenvalue weighted by atomic mass is 9.44. The van der Waals surface area contributed by atoms with Gasteiger partial charge in [-0.25, -0.2) is 0 Å². The molecule has 4 aliphatic carbocycles. The highest BCUT2D eigenvalue weighted by Crippen LogP contribution is 2.67. The van der Waals surface area contributed by atoms with Crippen LogP contribution >= 0.6 is 0 Å². The predicted octanol–water partition coefficient (Wildman–Crippen LogP) is 5.29. The summed E-state index contributed by atoms with van der Waals surface area (Å²) in [5.41, 5.74) is 1.05. The number of rotatable bonds is 4. The van der Waals surface area contributed by atoms with Crippen LogP contribution in [0.3, 0.4) is 0 Å². The molecule has 5 nitrogen and oxygen atoms in total. The van der Waals surface area contributed by atoms with E-state index in [9.17, 15) is 18.3 Å². The quantitative estimate of drug-likeness (QED) is 0.583. The molecule has 5 rings (SSSR count). The van der Waals surface area contributed by atoms with E-state index < -0.39 is 22.3 Å². The standard InChI is InChI=1S/C28H40O5S/c1-17-5-8-20(9-6-17)34(31,32)33-26-16-28(4)19(15-25(26)30)7-10-21-23-12-11-22(18(2)29)27(23,3)14-13-24(21)28/h5-6,8-9,19,21-26,30H,7,10-16H2,1-4H3/t19-,21-,22+,23-,24-,25-,26-,27+,28-/m0/s1. The maximum Gasteiger partial charge on any atom is 0.297 e. The van der Waals surface area contributed by atoms with Crippen molar-refractivity contribution in [1.82, 2.24) is 0 Å². The zero-order chi connectivity index (χ0) is 24.5.